The molecule has 0 radical (unpaired) electrons. The van der Waals surface area contributed by atoms with Crippen molar-refractivity contribution in [1.29, 1.82) is 0 Å². The summed E-state index contributed by atoms with van der Waals surface area (Å²) in [7, 11) is 5.58. The lowest BCUT2D eigenvalue weighted by Gasteiger charge is -2.23. The number of nitrogens with zero attached hydrogens (tertiary/aromatic N) is 12. The van der Waals surface area contributed by atoms with Crippen molar-refractivity contribution < 1.29 is 9.47 Å². The largest absolute Gasteiger partial charge is 0.381 e. The number of hydrogen-bond acceptors (Lipinski definition) is 14. The first-order valence-corrected chi connectivity index (χ1v) is 23.9. The number of rotatable bonds is 14. The van der Waals surface area contributed by atoms with Crippen LogP contribution in [0.1, 0.15) is 83.0 Å². The Hall–Kier alpha value is -5.56. The van der Waals surface area contributed by atoms with Gasteiger partial charge in [0.25, 0.3) is 0 Å². The minimum Gasteiger partial charge on any atom is -0.381 e. The van der Waals surface area contributed by atoms with E-state index < -0.39 is 0 Å². The van der Waals surface area contributed by atoms with Gasteiger partial charge in [0, 0.05) is 89.2 Å². The van der Waals surface area contributed by atoms with E-state index in [2.05, 4.69) is 80.1 Å². The van der Waals surface area contributed by atoms with Crippen molar-refractivity contribution in [2.45, 2.75) is 117 Å². The third kappa shape index (κ3) is 7.77. The Labute approximate surface area is 380 Å². The van der Waals surface area contributed by atoms with Crippen LogP contribution >= 0.6 is 22.7 Å². The highest BCUT2D eigenvalue weighted by Crippen LogP contribution is 2.44. The van der Waals surface area contributed by atoms with Crippen LogP contribution in [0, 0.1) is 19.8 Å². The lowest BCUT2D eigenvalue weighted by molar-refractivity contribution is 0.104. The van der Waals surface area contributed by atoms with Crippen molar-refractivity contribution in [3.8, 4) is 44.4 Å². The Morgan fingerprint density at radius 2 is 1.27 bits per heavy atom. The van der Waals surface area contributed by atoms with E-state index in [1.807, 2.05) is 52.9 Å². The fourth-order valence-corrected chi connectivity index (χ4v) is 11.8. The van der Waals surface area contributed by atoms with Gasteiger partial charge in [-0.3, -0.25) is 9.36 Å². The summed E-state index contributed by atoms with van der Waals surface area (Å²) in [6.07, 6.45) is 16.6. The second kappa shape index (κ2) is 17.1. The number of ether oxygens (including phenoxy) is 2. The number of aryl methyl sites for hydroxylation is 3. The first kappa shape index (κ1) is 42.4. The third-order valence-corrected chi connectivity index (χ3v) is 15.5. The van der Waals surface area contributed by atoms with E-state index in [0.717, 1.165) is 102 Å². The molecule has 8 aromatic heterocycles. The number of anilines is 2. The summed E-state index contributed by atoms with van der Waals surface area (Å²) < 4.78 is 20.0. The number of aromatic nitrogens is 12. The van der Waals surface area contributed by atoms with E-state index in [1.54, 1.807) is 36.0 Å². The summed E-state index contributed by atoms with van der Waals surface area (Å²) in [4.78, 5) is 34.4. The number of imidazole rings is 2. The molecule has 2 N–H and O–H groups in total. The van der Waals surface area contributed by atoms with Crippen molar-refractivity contribution in [1.82, 2.24) is 58.6 Å². The monoisotopic (exact) mass is 900 g/mol. The van der Waals surface area contributed by atoms with Crippen molar-refractivity contribution in [2.75, 3.05) is 24.9 Å². The van der Waals surface area contributed by atoms with Crippen LogP contribution in [0.25, 0.3) is 64.9 Å². The number of thiophene rings is 2. The normalized spacial score (nSPS) is 20.3. The first-order chi connectivity index (χ1) is 31.0. The molecule has 0 bridgehead atoms. The summed E-state index contributed by atoms with van der Waals surface area (Å²) in [5, 5.41) is 19.7. The summed E-state index contributed by atoms with van der Waals surface area (Å²) in [6.45, 7) is 13.6. The van der Waals surface area contributed by atoms with E-state index in [0.29, 0.717) is 24.0 Å². The fourth-order valence-electron chi connectivity index (χ4n) is 9.46. The van der Waals surface area contributed by atoms with E-state index in [9.17, 15) is 0 Å². The highest BCUT2D eigenvalue weighted by atomic mass is 32.1. The molecule has 2 saturated carbocycles. The van der Waals surface area contributed by atoms with Crippen LogP contribution in [-0.4, -0.2) is 97.1 Å². The van der Waals surface area contributed by atoms with Gasteiger partial charge in [0.15, 0.2) is 23.3 Å². The summed E-state index contributed by atoms with van der Waals surface area (Å²) in [5.41, 5.74) is 4.10. The molecule has 2 aliphatic carbocycles. The molecule has 0 amide bonds. The Morgan fingerprint density at radius 3 is 1.81 bits per heavy atom. The van der Waals surface area contributed by atoms with Crippen molar-refractivity contribution in [2.24, 2.45) is 13.0 Å². The Kier molecular flexibility index (Phi) is 11.3. The molecular formula is C46H56N14O2S2. The molecule has 10 rings (SSSR count). The van der Waals surface area contributed by atoms with Gasteiger partial charge in [0.05, 0.1) is 32.7 Å². The van der Waals surface area contributed by atoms with Crippen molar-refractivity contribution in [3.63, 3.8) is 0 Å². The standard InChI is InChI=1S/C46H56N14O2S2/c1-24(2)59-16-12-32(55-59)37-26(5)35-39(49-29-10-11-30(21-29)61-8)51-42(54-45(35)63-37)44-48-15-19-58(44)23-28-20-31(62-9)22-34(28)50-40-36-27(6)38(33-13-17-60(56-33)25(3)4)64-46(36)53-41(52-40)43-47-14-18-57(43)7/h12-19,24-25,28-31,34H,10-11,20-23H2,1-9H3,(H,49,51,54)(H,50,52,53)/t28?,29-,30+,31-,34-/m0/s1. The van der Waals surface area contributed by atoms with Crippen LogP contribution in [0.3, 0.4) is 0 Å². The molecule has 2 aliphatic rings. The van der Waals surface area contributed by atoms with Crippen LogP contribution in [-0.2, 0) is 23.1 Å². The molecular weight excluding hydrogens is 845 g/mol. The fraction of sp³-hybridized carbons (Fsp3) is 0.478. The van der Waals surface area contributed by atoms with Gasteiger partial charge in [0.1, 0.15) is 32.7 Å². The Balaban J connectivity index is 1.01. The topological polar surface area (TPSA) is 165 Å². The smallest absolute Gasteiger partial charge is 0.199 e. The lowest BCUT2D eigenvalue weighted by Crippen LogP contribution is -2.28. The molecule has 16 nitrogen and oxygen atoms in total. The van der Waals surface area contributed by atoms with Crippen LogP contribution in [0.5, 0.6) is 0 Å². The molecule has 1 unspecified atom stereocenters. The minimum absolute atomic E-state index is 0.0280. The Morgan fingerprint density at radius 1 is 0.688 bits per heavy atom. The van der Waals surface area contributed by atoms with Gasteiger partial charge < -0.3 is 29.2 Å². The van der Waals surface area contributed by atoms with Gasteiger partial charge in [-0.05, 0) is 103 Å². The van der Waals surface area contributed by atoms with Gasteiger partial charge in [-0.15, -0.1) is 22.7 Å². The summed E-state index contributed by atoms with van der Waals surface area (Å²) >= 11 is 3.31. The summed E-state index contributed by atoms with van der Waals surface area (Å²) in [5.74, 6) is 4.38. The van der Waals surface area contributed by atoms with E-state index in [4.69, 9.17) is 44.6 Å². The Bertz CT molecular complexity index is 2950. The number of nitrogens with one attached hydrogen (secondary N) is 2. The van der Waals surface area contributed by atoms with Gasteiger partial charge in [0.2, 0.25) is 0 Å². The number of methoxy groups -OCH3 is 2. The predicted octanol–water partition coefficient (Wildman–Crippen LogP) is 9.35. The van der Waals surface area contributed by atoms with Crippen LogP contribution < -0.4 is 10.6 Å². The maximum absolute atomic E-state index is 6.08. The predicted molar refractivity (Wildman–Crippen MR) is 254 cm³/mol. The second-order valence-electron chi connectivity index (χ2n) is 17.9. The molecule has 18 heteroatoms. The molecule has 0 aliphatic heterocycles. The SMILES string of the molecule is CO[C@@H]1CC[C@H](Nc2nc(-c3nccn3CC3C[C@H](OC)C[C@@H]3Nc3nc(-c4nccn4C)nc4sc(-c5ccn(C(C)C)n5)c(C)c34)nc3sc(-c4ccn(C(C)C)n4)c(C)c23)C1. The highest BCUT2D eigenvalue weighted by molar-refractivity contribution is 7.22. The molecule has 334 valence electrons. The van der Waals surface area contributed by atoms with Gasteiger partial charge in [-0.25, -0.2) is 29.9 Å². The van der Waals surface area contributed by atoms with E-state index >= 15 is 0 Å². The van der Waals surface area contributed by atoms with Gasteiger partial charge in [-0.1, -0.05) is 0 Å². The molecule has 64 heavy (non-hydrogen) atoms. The molecule has 8 heterocycles. The number of hydrogen-bond donors (Lipinski definition) is 2. The zero-order valence-electron chi connectivity index (χ0n) is 37.9. The second-order valence-corrected chi connectivity index (χ2v) is 19.9. The lowest BCUT2D eigenvalue weighted by atomic mass is 10.0. The molecule has 8 aromatic rings. The van der Waals surface area contributed by atoms with Crippen molar-refractivity contribution >= 4 is 54.7 Å². The molecule has 2 fully saturated rings. The molecule has 0 saturated heterocycles. The van der Waals surface area contributed by atoms with Crippen LogP contribution in [0.4, 0.5) is 11.6 Å². The van der Waals surface area contributed by atoms with E-state index in [-0.39, 0.29) is 42.3 Å². The average Bonchev–Trinajstić information content (AvgIpc) is 4.13. The molecule has 0 aromatic carbocycles. The zero-order valence-corrected chi connectivity index (χ0v) is 39.5. The van der Waals surface area contributed by atoms with Crippen LogP contribution in [0.2, 0.25) is 0 Å². The molecule has 5 atom stereocenters. The van der Waals surface area contributed by atoms with Gasteiger partial charge in [-0.2, -0.15) is 10.2 Å². The minimum atomic E-state index is 0.0280. The van der Waals surface area contributed by atoms with Gasteiger partial charge >= 0.3 is 0 Å². The quantitative estimate of drug-likeness (QED) is 0.106. The third-order valence-electron chi connectivity index (χ3n) is 13.1. The van der Waals surface area contributed by atoms with Crippen molar-refractivity contribution in [3.05, 3.63) is 60.4 Å². The summed E-state index contributed by atoms with van der Waals surface area (Å²) in [6, 6.07) is 4.97. The zero-order chi connectivity index (χ0) is 44.4. The number of fused-ring (bicyclic) bond motifs is 2. The molecule has 0 spiro atoms. The average molecular weight is 901 g/mol. The van der Waals surface area contributed by atoms with Crippen LogP contribution in [0.15, 0.2) is 49.3 Å². The maximum Gasteiger partial charge on any atom is 0.199 e. The van der Waals surface area contributed by atoms with E-state index in [1.165, 1.54) is 0 Å². The maximum atomic E-state index is 6.08. The highest BCUT2D eigenvalue weighted by Gasteiger charge is 2.37. The first-order valence-electron chi connectivity index (χ1n) is 22.3.